The Morgan fingerprint density at radius 3 is 1.53 bits per heavy atom. The van der Waals surface area contributed by atoms with E-state index in [1.165, 1.54) is 19.3 Å². The van der Waals surface area contributed by atoms with Crippen LogP contribution >= 0.6 is 0 Å². The molecule has 0 unspecified atom stereocenters. The molecule has 2 nitrogen and oxygen atoms in total. The Labute approximate surface area is 104 Å². The molecule has 2 rings (SSSR count). The Bertz CT molecular complexity index is 265. The molecule has 0 aromatic rings. The van der Waals surface area contributed by atoms with Gasteiger partial charge in [0, 0.05) is 12.8 Å². The van der Waals surface area contributed by atoms with Crippen molar-refractivity contribution in [3.05, 3.63) is 0 Å². The minimum atomic E-state index is -0.555. The van der Waals surface area contributed by atoms with E-state index < -0.39 is 5.41 Å². The van der Waals surface area contributed by atoms with Crippen LogP contribution in [-0.2, 0) is 9.59 Å². The zero-order valence-electron chi connectivity index (χ0n) is 10.8. The van der Waals surface area contributed by atoms with Gasteiger partial charge >= 0.3 is 0 Å². The van der Waals surface area contributed by atoms with E-state index in [9.17, 15) is 9.59 Å². The summed E-state index contributed by atoms with van der Waals surface area (Å²) in [6, 6.07) is 0. The predicted octanol–water partition coefficient (Wildman–Crippen LogP) is 3.82. The van der Waals surface area contributed by atoms with Crippen LogP contribution in [-0.4, -0.2) is 11.6 Å². The third kappa shape index (κ3) is 2.78. The molecule has 17 heavy (non-hydrogen) atoms. The molecule has 0 heterocycles. The molecule has 0 saturated heterocycles. The Morgan fingerprint density at radius 2 is 1.00 bits per heavy atom. The summed E-state index contributed by atoms with van der Waals surface area (Å²) in [7, 11) is 0. The molecular weight excluding hydrogens is 212 g/mol. The molecular formula is C15H24O2. The first kappa shape index (κ1) is 12.8. The Hall–Kier alpha value is -0.660. The van der Waals surface area contributed by atoms with Crippen molar-refractivity contribution in [1.82, 2.24) is 0 Å². The Morgan fingerprint density at radius 1 is 0.588 bits per heavy atom. The van der Waals surface area contributed by atoms with Gasteiger partial charge in [-0.05, 0) is 25.7 Å². The van der Waals surface area contributed by atoms with Gasteiger partial charge in [-0.3, -0.25) is 9.59 Å². The normalized spacial score (nSPS) is 27.1. The average molecular weight is 236 g/mol. The molecule has 2 saturated carbocycles. The van der Waals surface area contributed by atoms with Gasteiger partial charge in [0.15, 0.2) is 0 Å². The second-order valence-corrected chi connectivity index (χ2v) is 5.76. The van der Waals surface area contributed by atoms with Crippen molar-refractivity contribution >= 4 is 11.6 Å². The summed E-state index contributed by atoms with van der Waals surface area (Å²) in [5.74, 6) is 0.535. The third-order valence-corrected chi connectivity index (χ3v) is 4.58. The van der Waals surface area contributed by atoms with Crippen molar-refractivity contribution < 1.29 is 9.59 Å². The molecule has 0 amide bonds. The van der Waals surface area contributed by atoms with Crippen molar-refractivity contribution in [2.24, 2.45) is 5.41 Å². The summed E-state index contributed by atoms with van der Waals surface area (Å²) < 4.78 is 0. The average Bonchev–Trinajstić information content (AvgIpc) is 2.26. The first-order valence-electron chi connectivity index (χ1n) is 7.32. The van der Waals surface area contributed by atoms with Crippen molar-refractivity contribution in [3.63, 3.8) is 0 Å². The molecule has 96 valence electrons. The molecule has 0 N–H and O–H groups in total. The summed E-state index contributed by atoms with van der Waals surface area (Å²) in [4.78, 5) is 24.8. The number of carbonyl (C=O) groups is 2. The second-order valence-electron chi connectivity index (χ2n) is 5.76. The maximum absolute atomic E-state index is 12.4. The molecule has 1 spiro atoms. The fraction of sp³-hybridized carbons (Fsp3) is 0.867. The number of hydrogen-bond acceptors (Lipinski definition) is 2. The fourth-order valence-electron chi connectivity index (χ4n) is 3.45. The van der Waals surface area contributed by atoms with Crippen LogP contribution < -0.4 is 0 Å². The first-order valence-corrected chi connectivity index (χ1v) is 7.32. The third-order valence-electron chi connectivity index (χ3n) is 4.58. The SMILES string of the molecule is O=C1CCCCCC(=O)C12CCCCCCC2. The molecule has 2 heteroatoms. The maximum Gasteiger partial charge on any atom is 0.146 e. The molecule has 0 aromatic heterocycles. The van der Waals surface area contributed by atoms with Gasteiger partial charge in [-0.15, -0.1) is 0 Å². The van der Waals surface area contributed by atoms with E-state index in [2.05, 4.69) is 0 Å². The number of ketones is 2. The summed E-state index contributed by atoms with van der Waals surface area (Å²) in [6.45, 7) is 0. The van der Waals surface area contributed by atoms with Crippen LogP contribution in [0.3, 0.4) is 0 Å². The number of Topliss-reactive ketones (excluding diaryl/α,β-unsaturated/α-hetero) is 2. The van der Waals surface area contributed by atoms with Crippen LogP contribution in [0, 0.1) is 5.41 Å². The van der Waals surface area contributed by atoms with Gasteiger partial charge in [-0.2, -0.15) is 0 Å². The van der Waals surface area contributed by atoms with Crippen molar-refractivity contribution in [3.8, 4) is 0 Å². The van der Waals surface area contributed by atoms with E-state index >= 15 is 0 Å². The summed E-state index contributed by atoms with van der Waals surface area (Å²) >= 11 is 0. The minimum Gasteiger partial charge on any atom is -0.299 e. The molecule has 2 aliphatic rings. The molecule has 2 fully saturated rings. The van der Waals surface area contributed by atoms with Gasteiger partial charge in [-0.25, -0.2) is 0 Å². The molecule has 0 aromatic carbocycles. The molecule has 2 aliphatic carbocycles. The monoisotopic (exact) mass is 236 g/mol. The molecule has 0 aliphatic heterocycles. The van der Waals surface area contributed by atoms with E-state index in [1.807, 2.05) is 0 Å². The van der Waals surface area contributed by atoms with Crippen LogP contribution in [0.5, 0.6) is 0 Å². The number of rotatable bonds is 0. The van der Waals surface area contributed by atoms with Gasteiger partial charge in [-0.1, -0.05) is 38.5 Å². The molecule has 0 atom stereocenters. The lowest BCUT2D eigenvalue weighted by atomic mass is 9.67. The summed E-state index contributed by atoms with van der Waals surface area (Å²) in [5, 5.41) is 0. The lowest BCUT2D eigenvalue weighted by Gasteiger charge is -2.34. The highest BCUT2D eigenvalue weighted by molar-refractivity contribution is 6.07. The zero-order chi connectivity index (χ0) is 12.1. The van der Waals surface area contributed by atoms with Crippen molar-refractivity contribution in [1.29, 1.82) is 0 Å². The maximum atomic E-state index is 12.4. The standard InChI is InChI=1S/C15H24O2/c16-13-9-5-4-6-10-14(17)15(13)11-7-2-1-3-8-12-15/h1-12H2. The van der Waals surface area contributed by atoms with E-state index in [0.717, 1.165) is 44.9 Å². The highest BCUT2D eigenvalue weighted by atomic mass is 16.2. The minimum absolute atomic E-state index is 0.268. The van der Waals surface area contributed by atoms with Crippen LogP contribution in [0.1, 0.15) is 77.0 Å². The lowest BCUT2D eigenvalue weighted by Crippen LogP contribution is -2.40. The highest BCUT2D eigenvalue weighted by Crippen LogP contribution is 2.39. The van der Waals surface area contributed by atoms with E-state index in [-0.39, 0.29) is 11.6 Å². The van der Waals surface area contributed by atoms with Crippen LogP contribution in [0.25, 0.3) is 0 Å². The van der Waals surface area contributed by atoms with Crippen molar-refractivity contribution in [2.45, 2.75) is 77.0 Å². The van der Waals surface area contributed by atoms with Crippen LogP contribution in [0.4, 0.5) is 0 Å². The highest BCUT2D eigenvalue weighted by Gasteiger charge is 2.43. The number of hydrogen-bond donors (Lipinski definition) is 0. The van der Waals surface area contributed by atoms with E-state index in [1.54, 1.807) is 0 Å². The Balaban J connectivity index is 2.19. The Kier molecular flexibility index (Phi) is 4.36. The lowest BCUT2D eigenvalue weighted by molar-refractivity contribution is -0.143. The summed E-state index contributed by atoms with van der Waals surface area (Å²) in [5.41, 5.74) is -0.555. The summed E-state index contributed by atoms with van der Waals surface area (Å²) in [6.07, 6.45) is 11.8. The van der Waals surface area contributed by atoms with E-state index in [0.29, 0.717) is 12.8 Å². The van der Waals surface area contributed by atoms with Crippen LogP contribution in [0.2, 0.25) is 0 Å². The van der Waals surface area contributed by atoms with E-state index in [4.69, 9.17) is 0 Å². The molecule has 0 radical (unpaired) electrons. The molecule has 0 bridgehead atoms. The van der Waals surface area contributed by atoms with Crippen molar-refractivity contribution in [2.75, 3.05) is 0 Å². The predicted molar refractivity (Wildman–Crippen MR) is 67.9 cm³/mol. The van der Waals surface area contributed by atoms with Gasteiger partial charge in [0.05, 0.1) is 5.41 Å². The van der Waals surface area contributed by atoms with Gasteiger partial charge in [0.25, 0.3) is 0 Å². The fourth-order valence-corrected chi connectivity index (χ4v) is 3.45. The zero-order valence-corrected chi connectivity index (χ0v) is 10.8. The second kappa shape index (κ2) is 5.79. The van der Waals surface area contributed by atoms with Gasteiger partial charge in [0.1, 0.15) is 11.6 Å². The first-order chi connectivity index (χ1) is 8.26. The smallest absolute Gasteiger partial charge is 0.146 e. The van der Waals surface area contributed by atoms with Gasteiger partial charge in [0.2, 0.25) is 0 Å². The quantitative estimate of drug-likeness (QED) is 0.599. The topological polar surface area (TPSA) is 34.1 Å². The van der Waals surface area contributed by atoms with Gasteiger partial charge < -0.3 is 0 Å². The largest absolute Gasteiger partial charge is 0.299 e. The van der Waals surface area contributed by atoms with Crippen LogP contribution in [0.15, 0.2) is 0 Å². The number of carbonyl (C=O) groups excluding carboxylic acids is 2.